The van der Waals surface area contributed by atoms with Gasteiger partial charge in [0.1, 0.15) is 0 Å². The van der Waals surface area contributed by atoms with Gasteiger partial charge >= 0.3 is 0 Å². The van der Waals surface area contributed by atoms with E-state index in [2.05, 4.69) is 10.2 Å². The molecule has 0 spiro atoms. The van der Waals surface area contributed by atoms with Gasteiger partial charge in [-0.1, -0.05) is 18.2 Å². The van der Waals surface area contributed by atoms with Crippen LogP contribution >= 0.6 is 12.4 Å². The van der Waals surface area contributed by atoms with Gasteiger partial charge in [-0.15, -0.1) is 12.4 Å². The molecule has 0 amide bonds. The lowest BCUT2D eigenvalue weighted by Gasteiger charge is -2.25. The van der Waals surface area contributed by atoms with Gasteiger partial charge in [-0.05, 0) is 38.4 Å². The van der Waals surface area contributed by atoms with Gasteiger partial charge in [-0.2, -0.15) is 0 Å². The van der Waals surface area contributed by atoms with Crippen molar-refractivity contribution in [3.8, 4) is 28.7 Å². The van der Waals surface area contributed by atoms with Crippen molar-refractivity contribution in [2.75, 3.05) is 39.6 Å². The molecule has 0 bridgehead atoms. The van der Waals surface area contributed by atoms with Crippen LogP contribution in [0.3, 0.4) is 0 Å². The topological polar surface area (TPSA) is 55.9 Å². The fourth-order valence-corrected chi connectivity index (χ4v) is 2.93. The number of aromatic nitrogens is 1. The Kier molecular flexibility index (Phi) is 5.58. The SMILES string of the molecule is COc1cccc2c1Oc1c(c(NCCN(C)C)nc3ccccc13)O2.Cl. The number of rotatable bonds is 5. The fraction of sp³-hybridized carbons (Fsp3) is 0.250. The maximum atomic E-state index is 6.24. The van der Waals surface area contributed by atoms with Crippen molar-refractivity contribution < 1.29 is 14.2 Å². The van der Waals surface area contributed by atoms with E-state index in [1.807, 2.05) is 56.6 Å². The second-order valence-electron chi connectivity index (χ2n) is 6.36. The Morgan fingerprint density at radius 3 is 2.59 bits per heavy atom. The van der Waals surface area contributed by atoms with Crippen molar-refractivity contribution in [1.82, 2.24) is 9.88 Å². The van der Waals surface area contributed by atoms with E-state index in [-0.39, 0.29) is 12.4 Å². The van der Waals surface area contributed by atoms with Crippen LogP contribution in [-0.4, -0.2) is 44.2 Å². The first-order valence-electron chi connectivity index (χ1n) is 8.51. The minimum absolute atomic E-state index is 0. The van der Waals surface area contributed by atoms with Crippen LogP contribution in [0.15, 0.2) is 42.5 Å². The predicted octanol–water partition coefficient (Wildman–Crippen LogP) is 4.54. The zero-order valence-corrected chi connectivity index (χ0v) is 16.3. The largest absolute Gasteiger partial charge is 0.493 e. The van der Waals surface area contributed by atoms with Crippen LogP contribution in [0.5, 0.6) is 28.7 Å². The standard InChI is InChI=1S/C20H21N3O3.ClH/c1-23(2)12-11-21-20-19-17(13-7-4-5-8-14(13)22-20)26-18-15(24-3)9-6-10-16(18)25-19;/h4-10H,11-12H2,1-3H3,(H,21,22);1H. The first-order chi connectivity index (χ1) is 12.7. The van der Waals surface area contributed by atoms with Crippen molar-refractivity contribution in [1.29, 1.82) is 0 Å². The summed E-state index contributed by atoms with van der Waals surface area (Å²) in [5.41, 5.74) is 0.848. The molecule has 6 nitrogen and oxygen atoms in total. The third-order valence-electron chi connectivity index (χ3n) is 4.23. The molecule has 7 heteroatoms. The van der Waals surface area contributed by atoms with Crippen molar-refractivity contribution in [2.45, 2.75) is 0 Å². The smallest absolute Gasteiger partial charge is 0.212 e. The van der Waals surface area contributed by atoms with Crippen molar-refractivity contribution in [3.05, 3.63) is 42.5 Å². The number of nitrogens with one attached hydrogen (secondary N) is 1. The molecule has 0 atom stereocenters. The number of pyridine rings is 1. The molecular weight excluding hydrogens is 366 g/mol. The molecule has 4 rings (SSSR count). The third-order valence-corrected chi connectivity index (χ3v) is 4.23. The lowest BCUT2D eigenvalue weighted by atomic mass is 10.1. The Labute approximate surface area is 164 Å². The number of hydrogen-bond acceptors (Lipinski definition) is 6. The molecule has 3 aromatic rings. The molecule has 1 N–H and O–H groups in total. The number of halogens is 1. The number of fused-ring (bicyclic) bond motifs is 4. The molecule has 2 aromatic carbocycles. The van der Waals surface area contributed by atoms with Crippen molar-refractivity contribution in [3.63, 3.8) is 0 Å². The summed E-state index contributed by atoms with van der Waals surface area (Å²) in [6.45, 7) is 1.63. The monoisotopic (exact) mass is 387 g/mol. The minimum Gasteiger partial charge on any atom is -0.493 e. The maximum Gasteiger partial charge on any atom is 0.212 e. The lowest BCUT2D eigenvalue weighted by Crippen LogP contribution is -2.21. The van der Waals surface area contributed by atoms with Gasteiger partial charge in [0.05, 0.1) is 12.6 Å². The second kappa shape index (κ2) is 7.90. The van der Waals surface area contributed by atoms with Gasteiger partial charge in [-0.25, -0.2) is 4.98 Å². The molecule has 0 aliphatic carbocycles. The number of likely N-dealkylation sites (N-methyl/N-ethyl adjacent to an activating group) is 1. The van der Waals surface area contributed by atoms with E-state index in [9.17, 15) is 0 Å². The molecule has 27 heavy (non-hydrogen) atoms. The number of benzene rings is 2. The van der Waals surface area contributed by atoms with Crippen LogP contribution in [-0.2, 0) is 0 Å². The lowest BCUT2D eigenvalue weighted by molar-refractivity contribution is 0.331. The number of ether oxygens (including phenoxy) is 3. The highest BCUT2D eigenvalue weighted by molar-refractivity contribution is 5.92. The van der Waals surface area contributed by atoms with Gasteiger partial charge in [0, 0.05) is 18.5 Å². The Hall–Kier alpha value is -2.70. The number of nitrogens with zero attached hydrogens (tertiary/aromatic N) is 2. The van der Waals surface area contributed by atoms with Crippen molar-refractivity contribution in [2.24, 2.45) is 0 Å². The average molecular weight is 388 g/mol. The van der Waals surface area contributed by atoms with E-state index in [4.69, 9.17) is 19.2 Å². The summed E-state index contributed by atoms with van der Waals surface area (Å²) in [6, 6.07) is 13.5. The van der Waals surface area contributed by atoms with Gasteiger partial charge in [0.25, 0.3) is 0 Å². The number of methoxy groups -OCH3 is 1. The van der Waals surface area contributed by atoms with E-state index in [1.54, 1.807) is 7.11 Å². The highest BCUT2D eigenvalue weighted by atomic mass is 35.5. The second-order valence-corrected chi connectivity index (χ2v) is 6.36. The molecule has 0 saturated heterocycles. The molecule has 0 radical (unpaired) electrons. The summed E-state index contributed by atoms with van der Waals surface area (Å²) in [5.74, 6) is 3.76. The van der Waals surface area contributed by atoms with Crippen molar-refractivity contribution >= 4 is 29.1 Å². The Bertz CT molecular complexity index is 963. The number of para-hydroxylation sites is 2. The normalized spacial score (nSPS) is 11.7. The maximum absolute atomic E-state index is 6.24. The van der Waals surface area contributed by atoms with Crippen LogP contribution in [0.2, 0.25) is 0 Å². The quantitative estimate of drug-likeness (QED) is 0.542. The first-order valence-corrected chi connectivity index (χ1v) is 8.51. The number of hydrogen-bond donors (Lipinski definition) is 1. The number of anilines is 1. The summed E-state index contributed by atoms with van der Waals surface area (Å²) in [4.78, 5) is 6.84. The Balaban J connectivity index is 0.00000210. The summed E-state index contributed by atoms with van der Waals surface area (Å²) < 4.78 is 17.8. The average Bonchev–Trinajstić information content (AvgIpc) is 2.66. The summed E-state index contributed by atoms with van der Waals surface area (Å²) >= 11 is 0. The van der Waals surface area contributed by atoms with Gasteiger partial charge < -0.3 is 24.4 Å². The van der Waals surface area contributed by atoms with E-state index in [0.29, 0.717) is 34.6 Å². The van der Waals surface area contributed by atoms with Crippen LogP contribution in [0.25, 0.3) is 10.9 Å². The van der Waals surface area contributed by atoms with E-state index in [0.717, 1.165) is 24.0 Å². The molecule has 2 heterocycles. The highest BCUT2D eigenvalue weighted by Crippen LogP contribution is 2.53. The molecule has 1 aliphatic rings. The van der Waals surface area contributed by atoms with Gasteiger partial charge in [0.2, 0.25) is 11.5 Å². The summed E-state index contributed by atoms with van der Waals surface area (Å²) in [5, 5.41) is 4.27. The Morgan fingerprint density at radius 2 is 1.81 bits per heavy atom. The van der Waals surface area contributed by atoms with E-state index < -0.39 is 0 Å². The van der Waals surface area contributed by atoms with E-state index >= 15 is 0 Å². The summed E-state index contributed by atoms with van der Waals surface area (Å²) in [6.07, 6.45) is 0. The molecule has 1 aliphatic heterocycles. The zero-order chi connectivity index (χ0) is 18.1. The molecule has 0 fully saturated rings. The van der Waals surface area contributed by atoms with Crippen LogP contribution in [0.1, 0.15) is 0 Å². The predicted molar refractivity (Wildman–Crippen MR) is 109 cm³/mol. The van der Waals surface area contributed by atoms with Crippen LogP contribution in [0, 0.1) is 0 Å². The third kappa shape index (κ3) is 3.59. The first kappa shape index (κ1) is 19.1. The molecule has 142 valence electrons. The van der Waals surface area contributed by atoms with Gasteiger partial charge in [0.15, 0.2) is 23.1 Å². The minimum atomic E-state index is 0. The molecule has 0 saturated carbocycles. The molecule has 1 aromatic heterocycles. The highest BCUT2D eigenvalue weighted by Gasteiger charge is 2.27. The Morgan fingerprint density at radius 1 is 1.00 bits per heavy atom. The van der Waals surface area contributed by atoms with E-state index in [1.165, 1.54) is 0 Å². The zero-order valence-electron chi connectivity index (χ0n) is 15.5. The summed E-state index contributed by atoms with van der Waals surface area (Å²) in [7, 11) is 5.69. The van der Waals surface area contributed by atoms with Gasteiger partial charge in [-0.3, -0.25) is 0 Å². The fourth-order valence-electron chi connectivity index (χ4n) is 2.93. The van der Waals surface area contributed by atoms with Crippen LogP contribution < -0.4 is 19.5 Å². The van der Waals surface area contributed by atoms with Crippen LogP contribution in [0.4, 0.5) is 5.82 Å². The molecule has 0 unspecified atom stereocenters. The molecular formula is C20H22ClN3O3.